The van der Waals surface area contributed by atoms with Crippen LogP contribution in [0.4, 0.5) is 0 Å². The average molecular weight is 340 g/mol. The number of pyridine rings is 1. The van der Waals surface area contributed by atoms with Crippen LogP contribution in [0.15, 0.2) is 54.7 Å². The first kappa shape index (κ1) is 16.7. The molecule has 5 heteroatoms. The Hall–Kier alpha value is -2.14. The second-order valence-corrected chi connectivity index (χ2v) is 7.18. The van der Waals surface area contributed by atoms with Gasteiger partial charge in [-0.2, -0.15) is 0 Å². The quantitative estimate of drug-likeness (QED) is 0.838. The molecule has 2 atom stereocenters. The maximum atomic E-state index is 12.6. The topological polar surface area (TPSA) is 50.3 Å². The number of likely N-dealkylation sites (tertiary alicyclic amines) is 1. The molecule has 1 amide bonds. The van der Waals surface area contributed by atoms with Gasteiger partial charge >= 0.3 is 0 Å². The van der Waals surface area contributed by atoms with E-state index < -0.39 is 0 Å². The van der Waals surface area contributed by atoms with Gasteiger partial charge in [-0.3, -0.25) is 14.6 Å². The van der Waals surface area contributed by atoms with Crippen LogP contribution in [-0.4, -0.2) is 33.2 Å². The Morgan fingerprint density at radius 3 is 2.67 bits per heavy atom. The van der Waals surface area contributed by atoms with Crippen LogP contribution in [0.25, 0.3) is 0 Å². The van der Waals surface area contributed by atoms with Crippen LogP contribution in [0.3, 0.4) is 0 Å². The van der Waals surface area contributed by atoms with Crippen LogP contribution in [0, 0.1) is 5.92 Å². The molecule has 1 aromatic carbocycles. The smallest absolute Gasteiger partial charge is 0.223 e. The number of carbonyl (C=O) groups excluding carboxylic acids is 2. The van der Waals surface area contributed by atoms with Gasteiger partial charge in [0.05, 0.1) is 11.7 Å². The second kappa shape index (κ2) is 7.62. The summed E-state index contributed by atoms with van der Waals surface area (Å²) in [5.41, 5.74) is 1.93. The third kappa shape index (κ3) is 3.85. The van der Waals surface area contributed by atoms with Gasteiger partial charge in [0.25, 0.3) is 0 Å². The summed E-state index contributed by atoms with van der Waals surface area (Å²) in [6.45, 7) is 2.23. The highest BCUT2D eigenvalue weighted by atomic mass is 32.2. The largest absolute Gasteiger partial charge is 0.330 e. The molecule has 1 fully saturated rings. The van der Waals surface area contributed by atoms with Crippen molar-refractivity contribution in [3.8, 4) is 0 Å². The zero-order valence-corrected chi connectivity index (χ0v) is 14.4. The van der Waals surface area contributed by atoms with Gasteiger partial charge < -0.3 is 4.90 Å². The lowest BCUT2D eigenvalue weighted by Crippen LogP contribution is -2.31. The SMILES string of the molecule is CC(=O)SCC1CC(=O)N(C(c2ccccc2)c2ccccn2)C1. The van der Waals surface area contributed by atoms with E-state index in [1.54, 1.807) is 13.1 Å². The van der Waals surface area contributed by atoms with Gasteiger partial charge in [-0.25, -0.2) is 0 Å². The summed E-state index contributed by atoms with van der Waals surface area (Å²) in [5, 5.41) is 0.102. The molecule has 124 valence electrons. The first-order chi connectivity index (χ1) is 11.6. The van der Waals surface area contributed by atoms with E-state index in [0.29, 0.717) is 18.7 Å². The van der Waals surface area contributed by atoms with Crippen molar-refractivity contribution in [1.29, 1.82) is 0 Å². The number of thioether (sulfide) groups is 1. The van der Waals surface area contributed by atoms with E-state index in [4.69, 9.17) is 0 Å². The molecule has 3 rings (SSSR count). The maximum Gasteiger partial charge on any atom is 0.223 e. The predicted octanol–water partition coefficient (Wildman–Crippen LogP) is 3.30. The van der Waals surface area contributed by atoms with Crippen molar-refractivity contribution in [3.63, 3.8) is 0 Å². The zero-order chi connectivity index (χ0) is 16.9. The fraction of sp³-hybridized carbons (Fsp3) is 0.316. The number of amides is 1. The molecule has 0 bridgehead atoms. The molecule has 1 saturated heterocycles. The summed E-state index contributed by atoms with van der Waals surface area (Å²) in [6.07, 6.45) is 2.26. The van der Waals surface area contributed by atoms with Gasteiger partial charge in [0, 0.05) is 31.8 Å². The molecule has 0 N–H and O–H groups in total. The lowest BCUT2D eigenvalue weighted by Gasteiger charge is -2.28. The molecule has 1 aromatic heterocycles. The van der Waals surface area contributed by atoms with Gasteiger partial charge in [0.2, 0.25) is 5.91 Å². The fourth-order valence-electron chi connectivity index (χ4n) is 3.09. The molecule has 24 heavy (non-hydrogen) atoms. The average Bonchev–Trinajstić information content (AvgIpc) is 2.96. The van der Waals surface area contributed by atoms with Crippen LogP contribution in [0.2, 0.25) is 0 Å². The van der Waals surface area contributed by atoms with Crippen molar-refractivity contribution in [3.05, 3.63) is 66.0 Å². The third-order valence-electron chi connectivity index (χ3n) is 4.16. The van der Waals surface area contributed by atoms with Gasteiger partial charge in [-0.1, -0.05) is 48.2 Å². The van der Waals surface area contributed by atoms with Crippen molar-refractivity contribution in [2.24, 2.45) is 5.92 Å². The Balaban J connectivity index is 1.86. The molecule has 2 unspecified atom stereocenters. The Kier molecular flexibility index (Phi) is 5.30. The van der Waals surface area contributed by atoms with Gasteiger partial charge in [0.1, 0.15) is 0 Å². The third-order valence-corrected chi connectivity index (χ3v) is 5.20. The highest BCUT2D eigenvalue weighted by molar-refractivity contribution is 8.13. The van der Waals surface area contributed by atoms with Crippen molar-refractivity contribution in [2.75, 3.05) is 12.3 Å². The number of hydrogen-bond donors (Lipinski definition) is 0. The number of benzene rings is 1. The monoisotopic (exact) mass is 340 g/mol. The van der Waals surface area contributed by atoms with Crippen LogP contribution in [-0.2, 0) is 9.59 Å². The normalized spacial score (nSPS) is 18.6. The van der Waals surface area contributed by atoms with Crippen LogP contribution in [0.1, 0.15) is 30.6 Å². The Morgan fingerprint density at radius 2 is 2.00 bits per heavy atom. The molecule has 2 heterocycles. The highest BCUT2D eigenvalue weighted by Gasteiger charge is 2.36. The minimum absolute atomic E-state index is 0.102. The van der Waals surface area contributed by atoms with Crippen molar-refractivity contribution < 1.29 is 9.59 Å². The van der Waals surface area contributed by atoms with E-state index >= 15 is 0 Å². The van der Waals surface area contributed by atoms with E-state index in [9.17, 15) is 9.59 Å². The van der Waals surface area contributed by atoms with E-state index in [2.05, 4.69) is 4.98 Å². The molecule has 0 radical (unpaired) electrons. The summed E-state index contributed by atoms with van der Waals surface area (Å²) in [6, 6.07) is 15.6. The molecule has 4 nitrogen and oxygen atoms in total. The number of nitrogens with zero attached hydrogens (tertiary/aromatic N) is 2. The fourth-order valence-corrected chi connectivity index (χ4v) is 3.78. The zero-order valence-electron chi connectivity index (χ0n) is 13.6. The van der Waals surface area contributed by atoms with E-state index in [-0.39, 0.29) is 23.0 Å². The molecule has 1 aliphatic heterocycles. The number of carbonyl (C=O) groups is 2. The summed E-state index contributed by atoms with van der Waals surface area (Å²) in [4.78, 5) is 30.2. The van der Waals surface area contributed by atoms with Gasteiger partial charge in [0.15, 0.2) is 5.12 Å². The summed E-state index contributed by atoms with van der Waals surface area (Å²) in [7, 11) is 0. The first-order valence-electron chi connectivity index (χ1n) is 8.04. The summed E-state index contributed by atoms with van der Waals surface area (Å²) in [5.74, 6) is 1.03. The molecular weight excluding hydrogens is 320 g/mol. The molecular formula is C19H20N2O2S. The van der Waals surface area contributed by atoms with Crippen molar-refractivity contribution in [1.82, 2.24) is 9.88 Å². The lowest BCUT2D eigenvalue weighted by atomic mass is 10.0. The number of rotatable bonds is 5. The minimum Gasteiger partial charge on any atom is -0.330 e. The summed E-state index contributed by atoms with van der Waals surface area (Å²) >= 11 is 1.30. The second-order valence-electron chi connectivity index (χ2n) is 5.99. The van der Waals surface area contributed by atoms with E-state index in [0.717, 1.165) is 11.3 Å². The molecule has 2 aromatic rings. The van der Waals surface area contributed by atoms with Crippen molar-refractivity contribution in [2.45, 2.75) is 19.4 Å². The van der Waals surface area contributed by atoms with Gasteiger partial charge in [-0.15, -0.1) is 0 Å². The minimum atomic E-state index is -0.174. The van der Waals surface area contributed by atoms with Crippen LogP contribution in [0.5, 0.6) is 0 Å². The first-order valence-corrected chi connectivity index (χ1v) is 9.02. The Bertz CT molecular complexity index is 666. The van der Waals surface area contributed by atoms with E-state index in [1.807, 2.05) is 53.4 Å². The standard InChI is InChI=1S/C19H20N2O2S/c1-14(22)24-13-15-11-18(23)21(12-15)19(16-7-3-2-4-8-16)17-9-5-6-10-20-17/h2-10,15,19H,11-13H2,1H3. The van der Waals surface area contributed by atoms with Crippen molar-refractivity contribution >= 4 is 22.8 Å². The maximum absolute atomic E-state index is 12.6. The van der Waals surface area contributed by atoms with Crippen LogP contribution >= 0.6 is 11.8 Å². The number of aromatic nitrogens is 1. The molecule has 0 saturated carbocycles. The van der Waals surface area contributed by atoms with E-state index in [1.165, 1.54) is 11.8 Å². The summed E-state index contributed by atoms with van der Waals surface area (Å²) < 4.78 is 0. The highest BCUT2D eigenvalue weighted by Crippen LogP contribution is 2.34. The number of hydrogen-bond acceptors (Lipinski definition) is 4. The molecule has 0 spiro atoms. The Morgan fingerprint density at radius 1 is 1.25 bits per heavy atom. The predicted molar refractivity (Wildman–Crippen MR) is 95.5 cm³/mol. The lowest BCUT2D eigenvalue weighted by molar-refractivity contribution is -0.129. The van der Waals surface area contributed by atoms with Crippen LogP contribution < -0.4 is 0 Å². The molecule has 0 aliphatic carbocycles. The Labute approximate surface area is 146 Å². The molecule has 1 aliphatic rings. The van der Waals surface area contributed by atoms with Gasteiger partial charge in [-0.05, 0) is 23.6 Å².